The normalized spacial score (nSPS) is 10.4. The summed E-state index contributed by atoms with van der Waals surface area (Å²) in [5.74, 6) is -0.244. The van der Waals surface area contributed by atoms with Crippen molar-refractivity contribution in [3.8, 4) is 22.4 Å². The molecule has 2 aromatic carbocycles. The van der Waals surface area contributed by atoms with Crippen molar-refractivity contribution in [1.29, 1.82) is 0 Å². The molecule has 0 radical (unpaired) electrons. The Balaban J connectivity index is 1.95. The summed E-state index contributed by atoms with van der Waals surface area (Å²) in [6.07, 6.45) is 1.82. The van der Waals surface area contributed by atoms with Gasteiger partial charge in [0.1, 0.15) is 5.82 Å². The highest BCUT2D eigenvalue weighted by Crippen LogP contribution is 2.22. The number of halogens is 1. The van der Waals surface area contributed by atoms with Crippen molar-refractivity contribution >= 4 is 0 Å². The van der Waals surface area contributed by atoms with Gasteiger partial charge in [-0.15, -0.1) is 0 Å². The minimum absolute atomic E-state index is 0.244. The van der Waals surface area contributed by atoms with Gasteiger partial charge in [0, 0.05) is 17.3 Å². The van der Waals surface area contributed by atoms with Crippen LogP contribution in [0.2, 0.25) is 0 Å². The summed E-state index contributed by atoms with van der Waals surface area (Å²) in [6, 6.07) is 20.4. The molecule has 1 heterocycles. The van der Waals surface area contributed by atoms with Crippen LogP contribution in [-0.2, 0) is 0 Å². The van der Waals surface area contributed by atoms with Gasteiger partial charge in [-0.05, 0) is 23.8 Å². The van der Waals surface area contributed by atoms with E-state index in [9.17, 15) is 4.39 Å². The van der Waals surface area contributed by atoms with Gasteiger partial charge in [-0.2, -0.15) is 0 Å². The Morgan fingerprint density at radius 3 is 2.16 bits per heavy atom. The van der Waals surface area contributed by atoms with E-state index in [2.05, 4.69) is 4.98 Å². The average molecular weight is 249 g/mol. The fraction of sp³-hybridized carbons (Fsp3) is 0. The standard InChI is InChI=1S/C17H12FN/c18-16-8-4-7-14(11-16)17-10-9-15(12-19-17)13-5-2-1-3-6-13/h1-12H. The van der Waals surface area contributed by atoms with E-state index >= 15 is 0 Å². The molecule has 0 atom stereocenters. The summed E-state index contributed by atoms with van der Waals surface area (Å²) in [5.41, 5.74) is 3.75. The van der Waals surface area contributed by atoms with Gasteiger partial charge in [-0.25, -0.2) is 4.39 Å². The number of hydrogen-bond acceptors (Lipinski definition) is 1. The molecule has 0 aliphatic rings. The predicted octanol–water partition coefficient (Wildman–Crippen LogP) is 4.55. The molecule has 0 aliphatic heterocycles. The Morgan fingerprint density at radius 2 is 1.47 bits per heavy atom. The molecule has 1 aromatic heterocycles. The van der Waals surface area contributed by atoms with E-state index < -0.39 is 0 Å². The highest BCUT2D eigenvalue weighted by Gasteiger charge is 2.02. The summed E-state index contributed by atoms with van der Waals surface area (Å²) < 4.78 is 13.2. The molecule has 3 aromatic rings. The summed E-state index contributed by atoms with van der Waals surface area (Å²) in [4.78, 5) is 4.40. The molecule has 0 amide bonds. The Bertz CT molecular complexity index is 675. The van der Waals surface area contributed by atoms with Crippen molar-refractivity contribution in [2.24, 2.45) is 0 Å². The maximum atomic E-state index is 13.2. The largest absolute Gasteiger partial charge is 0.256 e. The van der Waals surface area contributed by atoms with Crippen LogP contribution < -0.4 is 0 Å². The van der Waals surface area contributed by atoms with Crippen LogP contribution in [0.25, 0.3) is 22.4 Å². The summed E-state index contributed by atoms with van der Waals surface area (Å²) in [5, 5.41) is 0. The molecule has 19 heavy (non-hydrogen) atoms. The predicted molar refractivity (Wildman–Crippen MR) is 75.1 cm³/mol. The molecule has 0 aliphatic carbocycles. The first-order chi connectivity index (χ1) is 9.33. The second-order valence-electron chi connectivity index (χ2n) is 4.31. The molecular formula is C17H12FN. The number of nitrogens with zero attached hydrogens (tertiary/aromatic N) is 1. The molecule has 0 spiro atoms. The number of pyridine rings is 1. The highest BCUT2D eigenvalue weighted by atomic mass is 19.1. The molecule has 0 N–H and O–H groups in total. The van der Waals surface area contributed by atoms with Gasteiger partial charge in [0.05, 0.1) is 5.69 Å². The molecule has 0 bridgehead atoms. The molecule has 1 nitrogen and oxygen atoms in total. The van der Waals surface area contributed by atoms with E-state index in [4.69, 9.17) is 0 Å². The Kier molecular flexibility index (Phi) is 3.07. The van der Waals surface area contributed by atoms with Gasteiger partial charge < -0.3 is 0 Å². The minimum Gasteiger partial charge on any atom is -0.256 e. The van der Waals surface area contributed by atoms with Gasteiger partial charge in [-0.1, -0.05) is 48.5 Å². The summed E-state index contributed by atoms with van der Waals surface area (Å²) >= 11 is 0. The van der Waals surface area contributed by atoms with E-state index in [1.807, 2.05) is 54.7 Å². The maximum absolute atomic E-state index is 13.2. The molecule has 3 rings (SSSR count). The Labute approximate surface area is 111 Å². The number of aromatic nitrogens is 1. The fourth-order valence-electron chi connectivity index (χ4n) is 2.01. The van der Waals surface area contributed by atoms with Gasteiger partial charge in [0.2, 0.25) is 0 Å². The lowest BCUT2D eigenvalue weighted by atomic mass is 10.1. The molecule has 0 saturated heterocycles. The smallest absolute Gasteiger partial charge is 0.123 e. The topological polar surface area (TPSA) is 12.9 Å². The first-order valence-electron chi connectivity index (χ1n) is 6.10. The van der Waals surface area contributed by atoms with Crippen LogP contribution in [-0.4, -0.2) is 4.98 Å². The Morgan fingerprint density at radius 1 is 0.684 bits per heavy atom. The van der Waals surface area contributed by atoms with Crippen molar-refractivity contribution in [2.45, 2.75) is 0 Å². The molecule has 0 fully saturated rings. The van der Waals surface area contributed by atoms with Crippen LogP contribution in [0.4, 0.5) is 4.39 Å². The van der Waals surface area contributed by atoms with Crippen LogP contribution in [0.5, 0.6) is 0 Å². The lowest BCUT2D eigenvalue weighted by molar-refractivity contribution is 0.628. The molecule has 92 valence electrons. The van der Waals surface area contributed by atoms with Crippen LogP contribution in [0.1, 0.15) is 0 Å². The molecule has 2 heteroatoms. The van der Waals surface area contributed by atoms with Gasteiger partial charge >= 0.3 is 0 Å². The Hall–Kier alpha value is -2.48. The SMILES string of the molecule is Fc1cccc(-c2ccc(-c3ccccc3)cn2)c1. The van der Waals surface area contributed by atoms with Crippen molar-refractivity contribution < 1.29 is 4.39 Å². The van der Waals surface area contributed by atoms with Crippen molar-refractivity contribution in [2.75, 3.05) is 0 Å². The van der Waals surface area contributed by atoms with E-state index in [0.717, 1.165) is 22.4 Å². The molecule has 0 saturated carbocycles. The third kappa shape index (κ3) is 2.52. The first kappa shape index (κ1) is 11.6. The van der Waals surface area contributed by atoms with Gasteiger partial charge in [-0.3, -0.25) is 4.98 Å². The monoisotopic (exact) mass is 249 g/mol. The fourth-order valence-corrected chi connectivity index (χ4v) is 2.01. The molecule has 0 unspecified atom stereocenters. The maximum Gasteiger partial charge on any atom is 0.123 e. The van der Waals surface area contributed by atoms with Crippen molar-refractivity contribution in [1.82, 2.24) is 4.98 Å². The van der Waals surface area contributed by atoms with Gasteiger partial charge in [0.25, 0.3) is 0 Å². The second-order valence-corrected chi connectivity index (χ2v) is 4.31. The third-order valence-corrected chi connectivity index (χ3v) is 2.99. The lowest BCUT2D eigenvalue weighted by Gasteiger charge is -2.04. The minimum atomic E-state index is -0.244. The summed E-state index contributed by atoms with van der Waals surface area (Å²) in [6.45, 7) is 0. The number of hydrogen-bond donors (Lipinski definition) is 0. The van der Waals surface area contributed by atoms with Crippen LogP contribution in [0.3, 0.4) is 0 Å². The van der Waals surface area contributed by atoms with Gasteiger partial charge in [0.15, 0.2) is 0 Å². The zero-order valence-corrected chi connectivity index (χ0v) is 10.3. The highest BCUT2D eigenvalue weighted by molar-refractivity contribution is 5.66. The zero-order chi connectivity index (χ0) is 13.1. The average Bonchev–Trinajstić information content (AvgIpc) is 2.48. The summed E-state index contributed by atoms with van der Waals surface area (Å²) in [7, 11) is 0. The number of benzene rings is 2. The molecular weight excluding hydrogens is 237 g/mol. The third-order valence-electron chi connectivity index (χ3n) is 2.99. The van der Waals surface area contributed by atoms with Crippen molar-refractivity contribution in [3.63, 3.8) is 0 Å². The zero-order valence-electron chi connectivity index (χ0n) is 10.3. The lowest BCUT2D eigenvalue weighted by Crippen LogP contribution is -1.85. The second kappa shape index (κ2) is 5.02. The van der Waals surface area contributed by atoms with Crippen molar-refractivity contribution in [3.05, 3.63) is 78.7 Å². The first-order valence-corrected chi connectivity index (χ1v) is 6.10. The van der Waals surface area contributed by atoms with E-state index in [0.29, 0.717) is 0 Å². The van der Waals surface area contributed by atoms with E-state index in [-0.39, 0.29) is 5.82 Å². The van der Waals surface area contributed by atoms with E-state index in [1.54, 1.807) is 6.07 Å². The van der Waals surface area contributed by atoms with E-state index in [1.165, 1.54) is 12.1 Å². The van der Waals surface area contributed by atoms with Crippen LogP contribution >= 0.6 is 0 Å². The number of rotatable bonds is 2. The quantitative estimate of drug-likeness (QED) is 0.649. The van der Waals surface area contributed by atoms with Crippen LogP contribution in [0.15, 0.2) is 72.9 Å². The van der Waals surface area contributed by atoms with Crippen LogP contribution in [0, 0.1) is 5.82 Å².